The molecule has 2 aromatic carbocycles. The number of hydrogen-bond donors (Lipinski definition) is 2. The number of rotatable bonds is 5. The zero-order valence-electron chi connectivity index (χ0n) is 16.6. The number of benzene rings is 2. The standard InChI is InChI=1S/C21H25F2N3O3S/c1-29-18-4-2-3-15(9-18)21-13-20(24-25-21)14-5-7-26(8-6-14)30(27,28)19-11-16(22)10-17(23)12-19/h2-4,9-12,14,20-21,24-25H,5-8,13H2,1H3. The van der Waals surface area contributed by atoms with Crippen LogP contribution in [0, 0.1) is 17.6 Å². The van der Waals surface area contributed by atoms with Crippen LogP contribution in [0.2, 0.25) is 0 Å². The molecule has 2 aromatic rings. The first kappa shape index (κ1) is 21.2. The second-order valence-electron chi connectivity index (χ2n) is 7.81. The van der Waals surface area contributed by atoms with Gasteiger partial charge in [0.2, 0.25) is 10.0 Å². The fraction of sp³-hybridized carbons (Fsp3) is 0.429. The molecule has 0 amide bonds. The Morgan fingerprint density at radius 2 is 1.73 bits per heavy atom. The number of methoxy groups -OCH3 is 1. The number of ether oxygens (including phenoxy) is 1. The molecule has 0 aliphatic carbocycles. The zero-order valence-corrected chi connectivity index (χ0v) is 17.5. The molecular formula is C21H25F2N3O3S. The van der Waals surface area contributed by atoms with Gasteiger partial charge in [0.25, 0.3) is 0 Å². The highest BCUT2D eigenvalue weighted by Crippen LogP contribution is 2.33. The molecule has 9 heteroatoms. The molecule has 0 spiro atoms. The molecule has 0 saturated carbocycles. The van der Waals surface area contributed by atoms with E-state index in [2.05, 4.69) is 16.9 Å². The fourth-order valence-electron chi connectivity index (χ4n) is 4.31. The topological polar surface area (TPSA) is 70.7 Å². The molecule has 162 valence electrons. The van der Waals surface area contributed by atoms with Crippen molar-refractivity contribution in [2.75, 3.05) is 20.2 Å². The molecule has 0 bridgehead atoms. The van der Waals surface area contributed by atoms with Gasteiger partial charge >= 0.3 is 0 Å². The lowest BCUT2D eigenvalue weighted by atomic mass is 9.87. The molecular weight excluding hydrogens is 412 g/mol. The van der Waals surface area contributed by atoms with Crippen molar-refractivity contribution in [2.24, 2.45) is 5.92 Å². The minimum Gasteiger partial charge on any atom is -0.497 e. The van der Waals surface area contributed by atoms with Crippen molar-refractivity contribution in [2.45, 2.75) is 36.2 Å². The quantitative estimate of drug-likeness (QED) is 0.753. The minimum atomic E-state index is -3.91. The Hall–Kier alpha value is -2.07. The van der Waals surface area contributed by atoms with E-state index in [0.29, 0.717) is 37.9 Å². The molecule has 2 aliphatic rings. The lowest BCUT2D eigenvalue weighted by Gasteiger charge is -2.34. The first-order valence-electron chi connectivity index (χ1n) is 9.98. The van der Waals surface area contributed by atoms with Crippen LogP contribution in [0.4, 0.5) is 8.78 Å². The Morgan fingerprint density at radius 1 is 1.03 bits per heavy atom. The summed E-state index contributed by atoms with van der Waals surface area (Å²) in [5.41, 5.74) is 7.82. The Kier molecular flexibility index (Phi) is 6.06. The molecule has 4 rings (SSSR count). The van der Waals surface area contributed by atoms with Crippen molar-refractivity contribution >= 4 is 10.0 Å². The van der Waals surface area contributed by atoms with E-state index in [4.69, 9.17) is 4.74 Å². The molecule has 2 aliphatic heterocycles. The summed E-state index contributed by atoms with van der Waals surface area (Å²) in [5, 5.41) is 0. The van der Waals surface area contributed by atoms with Crippen LogP contribution in [0.1, 0.15) is 30.9 Å². The third kappa shape index (κ3) is 4.34. The first-order chi connectivity index (χ1) is 14.4. The molecule has 2 fully saturated rings. The molecule has 0 radical (unpaired) electrons. The average Bonchev–Trinajstić information content (AvgIpc) is 3.23. The lowest BCUT2D eigenvalue weighted by Crippen LogP contribution is -2.44. The van der Waals surface area contributed by atoms with Gasteiger partial charge in [-0.1, -0.05) is 12.1 Å². The van der Waals surface area contributed by atoms with Crippen LogP contribution < -0.4 is 15.6 Å². The third-order valence-electron chi connectivity index (χ3n) is 5.97. The van der Waals surface area contributed by atoms with Crippen LogP contribution in [-0.2, 0) is 10.0 Å². The molecule has 2 unspecified atom stereocenters. The van der Waals surface area contributed by atoms with Crippen molar-refractivity contribution in [1.82, 2.24) is 15.2 Å². The van der Waals surface area contributed by atoms with Gasteiger partial charge in [0.05, 0.1) is 12.0 Å². The molecule has 0 aromatic heterocycles. The van der Waals surface area contributed by atoms with E-state index in [-0.39, 0.29) is 17.0 Å². The van der Waals surface area contributed by atoms with E-state index in [9.17, 15) is 17.2 Å². The van der Waals surface area contributed by atoms with Crippen LogP contribution >= 0.6 is 0 Å². The Labute approximate surface area is 175 Å². The van der Waals surface area contributed by atoms with Gasteiger partial charge in [0, 0.05) is 31.2 Å². The Balaban J connectivity index is 1.38. The van der Waals surface area contributed by atoms with Crippen molar-refractivity contribution in [3.63, 3.8) is 0 Å². The number of hydrazine groups is 1. The van der Waals surface area contributed by atoms with E-state index in [1.165, 1.54) is 4.31 Å². The van der Waals surface area contributed by atoms with Gasteiger partial charge in [-0.2, -0.15) is 4.31 Å². The van der Waals surface area contributed by atoms with Gasteiger partial charge in [0.1, 0.15) is 17.4 Å². The molecule has 2 atom stereocenters. The molecule has 6 nitrogen and oxygen atoms in total. The van der Waals surface area contributed by atoms with Gasteiger partial charge in [-0.3, -0.25) is 10.9 Å². The van der Waals surface area contributed by atoms with Crippen molar-refractivity contribution in [3.8, 4) is 5.75 Å². The first-order valence-corrected chi connectivity index (χ1v) is 11.4. The highest BCUT2D eigenvalue weighted by molar-refractivity contribution is 7.89. The summed E-state index contributed by atoms with van der Waals surface area (Å²) >= 11 is 0. The summed E-state index contributed by atoms with van der Waals surface area (Å²) in [6, 6.07) is 10.7. The van der Waals surface area contributed by atoms with Crippen LogP contribution in [0.25, 0.3) is 0 Å². The Bertz CT molecular complexity index is 990. The highest BCUT2D eigenvalue weighted by atomic mass is 32.2. The number of piperidine rings is 1. The number of nitrogens with one attached hydrogen (secondary N) is 2. The lowest BCUT2D eigenvalue weighted by molar-refractivity contribution is 0.230. The van der Waals surface area contributed by atoms with Gasteiger partial charge < -0.3 is 4.74 Å². The van der Waals surface area contributed by atoms with E-state index >= 15 is 0 Å². The summed E-state index contributed by atoms with van der Waals surface area (Å²) in [5.74, 6) is -0.671. The van der Waals surface area contributed by atoms with E-state index in [1.54, 1.807) is 7.11 Å². The SMILES string of the molecule is COc1cccc(C2CC(C3CCN(S(=O)(=O)c4cc(F)cc(F)c4)CC3)NN2)c1. The largest absolute Gasteiger partial charge is 0.497 e. The van der Waals surface area contributed by atoms with E-state index in [1.807, 2.05) is 18.2 Å². The third-order valence-corrected chi connectivity index (χ3v) is 7.85. The van der Waals surface area contributed by atoms with Crippen molar-refractivity contribution in [3.05, 3.63) is 59.7 Å². The smallest absolute Gasteiger partial charge is 0.243 e. The number of hydrogen-bond acceptors (Lipinski definition) is 5. The van der Waals surface area contributed by atoms with Crippen molar-refractivity contribution in [1.29, 1.82) is 0 Å². The molecule has 2 N–H and O–H groups in total. The second-order valence-corrected chi connectivity index (χ2v) is 9.74. The zero-order chi connectivity index (χ0) is 21.3. The number of halogens is 2. The number of sulfonamides is 1. The average molecular weight is 438 g/mol. The normalized spacial score (nSPS) is 23.6. The van der Waals surface area contributed by atoms with Gasteiger partial charge in [0.15, 0.2) is 0 Å². The predicted molar refractivity (Wildman–Crippen MR) is 108 cm³/mol. The second kappa shape index (κ2) is 8.58. The maximum absolute atomic E-state index is 13.5. The monoisotopic (exact) mass is 437 g/mol. The van der Waals surface area contributed by atoms with Gasteiger partial charge in [-0.15, -0.1) is 0 Å². The maximum Gasteiger partial charge on any atom is 0.243 e. The summed E-state index contributed by atoms with van der Waals surface area (Å²) in [6.45, 7) is 0.653. The summed E-state index contributed by atoms with van der Waals surface area (Å²) in [6.07, 6.45) is 2.25. The van der Waals surface area contributed by atoms with Crippen LogP contribution in [0.3, 0.4) is 0 Å². The van der Waals surface area contributed by atoms with Gasteiger partial charge in [-0.25, -0.2) is 17.2 Å². The fourth-order valence-corrected chi connectivity index (χ4v) is 5.83. The number of nitrogens with zero attached hydrogens (tertiary/aromatic N) is 1. The molecule has 2 saturated heterocycles. The van der Waals surface area contributed by atoms with Crippen molar-refractivity contribution < 1.29 is 21.9 Å². The molecule has 2 heterocycles. The summed E-state index contributed by atoms with van der Waals surface area (Å²) in [7, 11) is -2.27. The highest BCUT2D eigenvalue weighted by Gasteiger charge is 2.36. The van der Waals surface area contributed by atoms with E-state index < -0.39 is 21.7 Å². The molecule has 30 heavy (non-hydrogen) atoms. The van der Waals surface area contributed by atoms with E-state index in [0.717, 1.165) is 29.9 Å². The van der Waals surface area contributed by atoms with Crippen LogP contribution in [0.5, 0.6) is 5.75 Å². The van der Waals surface area contributed by atoms with Crippen LogP contribution in [0.15, 0.2) is 47.4 Å². The van der Waals surface area contributed by atoms with Gasteiger partial charge in [-0.05, 0) is 55.0 Å². The predicted octanol–water partition coefficient (Wildman–Crippen LogP) is 2.98. The van der Waals surface area contributed by atoms with Crippen LogP contribution in [-0.4, -0.2) is 39.0 Å². The minimum absolute atomic E-state index is 0.155. The summed E-state index contributed by atoms with van der Waals surface area (Å²) in [4.78, 5) is -0.336. The Morgan fingerprint density at radius 3 is 2.40 bits per heavy atom. The summed E-state index contributed by atoms with van der Waals surface area (Å²) < 4.78 is 59.1. The maximum atomic E-state index is 13.5.